The zero-order valence-electron chi connectivity index (χ0n) is 11.9. The van der Waals surface area contributed by atoms with Gasteiger partial charge in [-0.15, -0.1) is 11.3 Å². The van der Waals surface area contributed by atoms with Gasteiger partial charge >= 0.3 is 0 Å². The second kappa shape index (κ2) is 6.37. The lowest BCUT2D eigenvalue weighted by Gasteiger charge is -2.18. The summed E-state index contributed by atoms with van der Waals surface area (Å²) in [5.74, 6) is 0.320. The van der Waals surface area contributed by atoms with Crippen LogP contribution in [0.1, 0.15) is 20.1 Å². The van der Waals surface area contributed by atoms with E-state index in [1.165, 1.54) is 16.9 Å². The fourth-order valence-corrected chi connectivity index (χ4v) is 3.35. The summed E-state index contributed by atoms with van der Waals surface area (Å²) in [4.78, 5) is 18.2. The van der Waals surface area contributed by atoms with Crippen LogP contribution >= 0.6 is 11.3 Å². The van der Waals surface area contributed by atoms with E-state index in [0.29, 0.717) is 19.1 Å². The first kappa shape index (κ1) is 14.2. The highest BCUT2D eigenvalue weighted by Crippen LogP contribution is 2.21. The number of carbonyl (C=O) groups is 1. The fraction of sp³-hybridized carbons (Fsp3) is 0.375. The van der Waals surface area contributed by atoms with Crippen LogP contribution in [0.25, 0.3) is 0 Å². The molecular weight excluding hydrogens is 284 g/mol. The lowest BCUT2D eigenvalue weighted by atomic mass is 9.95. The molecule has 5 heteroatoms. The van der Waals surface area contributed by atoms with E-state index in [2.05, 4.69) is 10.3 Å². The summed E-state index contributed by atoms with van der Waals surface area (Å²) in [6.07, 6.45) is 4.50. The molecule has 1 aliphatic rings. The standard InChI is InChI=1S/C16H18N2O2S/c1-11-2-3-15(21-11)16(19)18-14-10-20-9-13(14)8-12-4-6-17-7-5-12/h2-7,13-14H,8-10H2,1H3,(H,18,19)/t13-,14+/m1/s1. The Labute approximate surface area is 128 Å². The van der Waals surface area contributed by atoms with Crippen molar-refractivity contribution in [1.82, 2.24) is 10.3 Å². The topological polar surface area (TPSA) is 51.2 Å². The van der Waals surface area contributed by atoms with Crippen molar-refractivity contribution in [3.8, 4) is 0 Å². The van der Waals surface area contributed by atoms with Crippen LogP contribution in [0.3, 0.4) is 0 Å². The SMILES string of the molecule is Cc1ccc(C(=O)N[C@H]2COC[C@H]2Cc2ccncc2)s1. The van der Waals surface area contributed by atoms with Crippen LogP contribution in [0, 0.1) is 12.8 Å². The smallest absolute Gasteiger partial charge is 0.261 e. The highest BCUT2D eigenvalue weighted by Gasteiger charge is 2.30. The summed E-state index contributed by atoms with van der Waals surface area (Å²) in [5, 5.41) is 3.11. The molecule has 1 fully saturated rings. The number of carbonyl (C=O) groups excluding carboxylic acids is 1. The summed E-state index contributed by atoms with van der Waals surface area (Å²) < 4.78 is 5.56. The molecule has 3 rings (SSSR count). The van der Waals surface area contributed by atoms with E-state index in [0.717, 1.165) is 16.2 Å². The minimum atomic E-state index is 0.00308. The first-order valence-corrected chi connectivity index (χ1v) is 7.88. The number of thiophene rings is 1. The number of ether oxygens (including phenoxy) is 1. The lowest BCUT2D eigenvalue weighted by molar-refractivity contribution is 0.0929. The molecule has 1 N–H and O–H groups in total. The van der Waals surface area contributed by atoms with Crippen molar-refractivity contribution >= 4 is 17.2 Å². The van der Waals surface area contributed by atoms with Crippen molar-refractivity contribution in [2.75, 3.05) is 13.2 Å². The van der Waals surface area contributed by atoms with Crippen LogP contribution in [-0.4, -0.2) is 30.1 Å². The number of amides is 1. The van der Waals surface area contributed by atoms with E-state index in [4.69, 9.17) is 4.74 Å². The molecule has 0 spiro atoms. The zero-order chi connectivity index (χ0) is 14.7. The highest BCUT2D eigenvalue weighted by molar-refractivity contribution is 7.13. The van der Waals surface area contributed by atoms with E-state index < -0.39 is 0 Å². The van der Waals surface area contributed by atoms with Crippen molar-refractivity contribution in [3.05, 3.63) is 52.0 Å². The van der Waals surface area contributed by atoms with Gasteiger partial charge in [0.1, 0.15) is 0 Å². The first-order valence-electron chi connectivity index (χ1n) is 7.06. The average Bonchev–Trinajstić information content (AvgIpc) is 3.10. The quantitative estimate of drug-likeness (QED) is 0.944. The van der Waals surface area contributed by atoms with Crippen molar-refractivity contribution in [2.24, 2.45) is 5.92 Å². The summed E-state index contributed by atoms with van der Waals surface area (Å²) in [6, 6.07) is 7.95. The molecule has 3 heterocycles. The van der Waals surface area contributed by atoms with Gasteiger partial charge in [0.25, 0.3) is 5.91 Å². The number of pyridine rings is 1. The minimum Gasteiger partial charge on any atom is -0.379 e. The Bertz CT molecular complexity index is 612. The number of nitrogens with zero attached hydrogens (tertiary/aromatic N) is 1. The molecule has 4 nitrogen and oxygen atoms in total. The Balaban J connectivity index is 1.63. The maximum atomic E-state index is 12.2. The zero-order valence-corrected chi connectivity index (χ0v) is 12.7. The van der Waals surface area contributed by atoms with Gasteiger partial charge in [-0.1, -0.05) is 0 Å². The summed E-state index contributed by atoms with van der Waals surface area (Å²) in [6.45, 7) is 3.29. The van der Waals surface area contributed by atoms with Crippen molar-refractivity contribution in [2.45, 2.75) is 19.4 Å². The largest absolute Gasteiger partial charge is 0.379 e. The summed E-state index contributed by atoms with van der Waals surface area (Å²) in [5.41, 5.74) is 1.23. The number of hydrogen-bond donors (Lipinski definition) is 1. The molecular formula is C16H18N2O2S. The Morgan fingerprint density at radius 1 is 1.33 bits per heavy atom. The Morgan fingerprint density at radius 3 is 2.86 bits per heavy atom. The first-order chi connectivity index (χ1) is 10.2. The van der Waals surface area contributed by atoms with E-state index in [-0.39, 0.29) is 11.9 Å². The Hall–Kier alpha value is -1.72. The van der Waals surface area contributed by atoms with Crippen LogP contribution in [0.15, 0.2) is 36.7 Å². The van der Waals surface area contributed by atoms with Crippen molar-refractivity contribution in [1.29, 1.82) is 0 Å². The van der Waals surface area contributed by atoms with Gasteiger partial charge in [-0.05, 0) is 43.2 Å². The van der Waals surface area contributed by atoms with Crippen LogP contribution < -0.4 is 5.32 Å². The third-order valence-corrected chi connectivity index (χ3v) is 4.73. The number of rotatable bonds is 4. The van der Waals surface area contributed by atoms with Crippen LogP contribution in [0.4, 0.5) is 0 Å². The van der Waals surface area contributed by atoms with Gasteiger partial charge in [-0.2, -0.15) is 0 Å². The van der Waals surface area contributed by atoms with E-state index in [1.54, 1.807) is 12.4 Å². The number of nitrogens with one attached hydrogen (secondary N) is 1. The molecule has 110 valence electrons. The van der Waals surface area contributed by atoms with E-state index >= 15 is 0 Å². The van der Waals surface area contributed by atoms with Gasteiger partial charge in [0.05, 0.1) is 24.1 Å². The number of aromatic nitrogens is 1. The second-order valence-corrected chi connectivity index (χ2v) is 6.64. The molecule has 1 amide bonds. The molecule has 2 atom stereocenters. The van der Waals surface area contributed by atoms with Crippen molar-refractivity contribution < 1.29 is 9.53 Å². The Morgan fingerprint density at radius 2 is 2.14 bits per heavy atom. The minimum absolute atomic E-state index is 0.00308. The molecule has 0 saturated carbocycles. The molecule has 2 aromatic heterocycles. The van der Waals surface area contributed by atoms with Gasteiger partial charge in [0.2, 0.25) is 0 Å². The molecule has 2 aromatic rings. The van der Waals surface area contributed by atoms with Gasteiger partial charge in [-0.25, -0.2) is 0 Å². The molecule has 1 saturated heterocycles. The number of aryl methyl sites for hydroxylation is 1. The maximum Gasteiger partial charge on any atom is 0.261 e. The predicted octanol–water partition coefficient (Wildman–Crippen LogP) is 2.44. The molecule has 1 aliphatic heterocycles. The van der Waals surface area contributed by atoms with Gasteiger partial charge < -0.3 is 10.1 Å². The van der Waals surface area contributed by atoms with Crippen molar-refractivity contribution in [3.63, 3.8) is 0 Å². The predicted molar refractivity (Wildman–Crippen MR) is 82.6 cm³/mol. The molecule has 0 bridgehead atoms. The third kappa shape index (κ3) is 3.49. The van der Waals surface area contributed by atoms with Gasteiger partial charge in [0, 0.05) is 23.2 Å². The summed E-state index contributed by atoms with van der Waals surface area (Å²) in [7, 11) is 0. The average molecular weight is 302 g/mol. The molecule has 0 aromatic carbocycles. The van der Waals surface area contributed by atoms with Gasteiger partial charge in [0.15, 0.2) is 0 Å². The number of hydrogen-bond acceptors (Lipinski definition) is 4. The van der Waals surface area contributed by atoms with Crippen LogP contribution in [-0.2, 0) is 11.2 Å². The normalized spacial score (nSPS) is 21.4. The molecule has 0 unspecified atom stereocenters. The fourth-order valence-electron chi connectivity index (χ4n) is 2.58. The Kier molecular flexibility index (Phi) is 4.31. The summed E-state index contributed by atoms with van der Waals surface area (Å²) >= 11 is 1.52. The molecule has 0 aliphatic carbocycles. The second-order valence-electron chi connectivity index (χ2n) is 5.35. The monoisotopic (exact) mass is 302 g/mol. The molecule has 21 heavy (non-hydrogen) atoms. The maximum absolute atomic E-state index is 12.2. The third-order valence-electron chi connectivity index (χ3n) is 3.73. The van der Waals surface area contributed by atoms with Crippen LogP contribution in [0.5, 0.6) is 0 Å². The molecule has 0 radical (unpaired) electrons. The van der Waals surface area contributed by atoms with Crippen LogP contribution in [0.2, 0.25) is 0 Å². The highest BCUT2D eigenvalue weighted by atomic mass is 32.1. The van der Waals surface area contributed by atoms with E-state index in [9.17, 15) is 4.79 Å². The lowest BCUT2D eigenvalue weighted by Crippen LogP contribution is -2.40. The van der Waals surface area contributed by atoms with Gasteiger partial charge in [-0.3, -0.25) is 9.78 Å². The van der Waals surface area contributed by atoms with E-state index in [1.807, 2.05) is 31.2 Å².